The van der Waals surface area contributed by atoms with Crippen molar-refractivity contribution in [2.75, 3.05) is 0 Å². The molecule has 57 heavy (non-hydrogen) atoms. The van der Waals surface area contributed by atoms with Gasteiger partial charge in [-0.2, -0.15) is 0 Å². The zero-order valence-corrected chi connectivity index (χ0v) is 32.9. The Labute approximate surface area is 334 Å². The predicted octanol–water partition coefficient (Wildman–Crippen LogP) is 13.9. The molecule has 282 valence electrons. The molecule has 0 fully saturated rings. The number of rotatable bonds is 4. The molecule has 5 heteroatoms. The Kier molecular flexibility index (Phi) is 8.58. The minimum atomic E-state index is -4.60. The van der Waals surface area contributed by atoms with Crippen LogP contribution < -0.4 is 4.52 Å². The van der Waals surface area contributed by atoms with Crippen LogP contribution >= 0.6 is 7.82 Å². The van der Waals surface area contributed by atoms with Gasteiger partial charge in [-0.25, -0.2) is 4.57 Å². The summed E-state index contributed by atoms with van der Waals surface area (Å²) in [7, 11) is -4.60. The highest BCUT2D eigenvalue weighted by atomic mass is 31.2. The Balaban J connectivity index is 1.14. The average molecular weight is 765 g/mol. The highest BCUT2D eigenvalue weighted by molar-refractivity contribution is 7.47. The van der Waals surface area contributed by atoms with Gasteiger partial charge in [0, 0.05) is 23.0 Å². The Morgan fingerprint density at radius 1 is 0.561 bits per heavy atom. The summed E-state index contributed by atoms with van der Waals surface area (Å²) < 4.78 is 27.9. The van der Waals surface area contributed by atoms with Crippen LogP contribution in [-0.2, 0) is 21.9 Å². The molecular weight excluding hydrogens is 720 g/mol. The van der Waals surface area contributed by atoms with E-state index in [1.807, 2.05) is 0 Å². The molecule has 1 aliphatic heterocycles. The largest absolute Gasteiger partial charge is 0.527 e. The molecule has 4 aliphatic rings. The number of benzene rings is 7. The van der Waals surface area contributed by atoms with Gasteiger partial charge in [0.2, 0.25) is 0 Å². The van der Waals surface area contributed by atoms with Crippen LogP contribution in [0.2, 0.25) is 0 Å². The second-order valence-electron chi connectivity index (χ2n) is 16.5. The van der Waals surface area contributed by atoms with Crippen LogP contribution in [0.1, 0.15) is 79.0 Å². The van der Waals surface area contributed by atoms with Crippen LogP contribution in [0.4, 0.5) is 0 Å². The van der Waals surface area contributed by atoms with Crippen molar-refractivity contribution in [1.82, 2.24) is 0 Å². The number of hydrogen-bond donors (Lipinski definition) is 1. The van der Waals surface area contributed by atoms with Gasteiger partial charge < -0.3 is 4.52 Å². The van der Waals surface area contributed by atoms with Gasteiger partial charge in [0.1, 0.15) is 5.75 Å². The third-order valence-electron chi connectivity index (χ3n) is 13.3. The predicted molar refractivity (Wildman–Crippen MR) is 232 cm³/mol. The molecule has 0 aromatic heterocycles. The molecular formula is C52H45O4P. The average Bonchev–Trinajstić information content (AvgIpc) is 3.39. The standard InChI is InChI=1S/C52H45O4P/c53-57(54)55-51-47(45-23-11-9-19-41(45)39-27-25-33-13-1-3-15-35(33)29-39)31-37-17-5-7-21-43(37)49(51)50-44-22-8-6-18-38(44)32-48(52(50)56-57)46-24-12-10-20-42(46)40-28-26-34-14-2-4-16-36(34)30-40/h1-4,9-16,19-20,23-31,48,50,52H,5-8,17-18,21-22,32H2,(H,53,54)/t48?,50-,52?/m1/s1. The highest BCUT2D eigenvalue weighted by Gasteiger charge is 2.50. The maximum Gasteiger partial charge on any atom is 0.527 e. The van der Waals surface area contributed by atoms with E-state index in [1.165, 1.54) is 43.8 Å². The Bertz CT molecular complexity index is 2820. The highest BCUT2D eigenvalue weighted by Crippen LogP contribution is 2.64. The van der Waals surface area contributed by atoms with Crippen LogP contribution in [0.15, 0.2) is 151 Å². The fourth-order valence-electron chi connectivity index (χ4n) is 10.8. The molecule has 1 N–H and O–H groups in total. The van der Waals surface area contributed by atoms with E-state index in [0.29, 0.717) is 5.75 Å². The summed E-state index contributed by atoms with van der Waals surface area (Å²) in [6.45, 7) is 0. The summed E-state index contributed by atoms with van der Waals surface area (Å²) in [5.74, 6) is 0.196. The molecule has 0 amide bonds. The third-order valence-corrected chi connectivity index (χ3v) is 14.2. The SMILES string of the molecule is O=P1(O)Oc2c(-c3ccccc3-c3ccc4ccccc4c3)cc3c(c2[C@H]2C4=C(CCCC4)CC(c4ccccc4-c4ccc5ccccc5c4)C2O1)CCCC3. The number of hydrogen-bond acceptors (Lipinski definition) is 3. The molecule has 4 nitrogen and oxygen atoms in total. The fourth-order valence-corrected chi connectivity index (χ4v) is 11.8. The zero-order valence-electron chi connectivity index (χ0n) is 32.0. The molecule has 0 saturated heterocycles. The molecule has 7 aromatic rings. The lowest BCUT2D eigenvalue weighted by Crippen LogP contribution is -2.35. The van der Waals surface area contributed by atoms with Gasteiger partial charge in [-0.1, -0.05) is 132 Å². The quantitative estimate of drug-likeness (QED) is 0.143. The lowest BCUT2D eigenvalue weighted by molar-refractivity contribution is 0.103. The zero-order chi connectivity index (χ0) is 38.1. The first kappa shape index (κ1) is 35.0. The Hall–Kier alpha value is -5.25. The number of aryl methyl sites for hydroxylation is 1. The van der Waals surface area contributed by atoms with E-state index in [1.54, 1.807) is 0 Å². The minimum absolute atomic E-state index is 0.141. The number of phosphoric ester groups is 1. The van der Waals surface area contributed by atoms with Crippen molar-refractivity contribution in [1.29, 1.82) is 0 Å². The summed E-state index contributed by atoms with van der Waals surface area (Å²) in [5.41, 5.74) is 14.1. The van der Waals surface area contributed by atoms with Gasteiger partial charge in [-0.3, -0.25) is 9.42 Å². The maximum absolute atomic E-state index is 14.7. The molecule has 3 unspecified atom stereocenters. The van der Waals surface area contributed by atoms with Crippen LogP contribution in [0.5, 0.6) is 5.75 Å². The van der Waals surface area contributed by atoms with Crippen LogP contribution in [0, 0.1) is 0 Å². The first-order valence-electron chi connectivity index (χ1n) is 20.8. The van der Waals surface area contributed by atoms with Gasteiger partial charge in [0.25, 0.3) is 0 Å². The second kappa shape index (κ2) is 14.0. The Morgan fingerprint density at radius 3 is 1.91 bits per heavy atom. The Morgan fingerprint density at radius 2 is 1.16 bits per heavy atom. The fraction of sp³-hybridized carbons (Fsp3) is 0.231. The molecule has 0 bridgehead atoms. The van der Waals surface area contributed by atoms with Crippen LogP contribution in [-0.4, -0.2) is 11.0 Å². The van der Waals surface area contributed by atoms with Crippen molar-refractivity contribution in [3.05, 3.63) is 173 Å². The molecule has 0 saturated carbocycles. The molecule has 1 heterocycles. The molecule has 7 aromatic carbocycles. The molecule has 0 radical (unpaired) electrons. The van der Waals surface area contributed by atoms with E-state index >= 15 is 0 Å². The molecule has 3 aliphatic carbocycles. The summed E-state index contributed by atoms with van der Waals surface area (Å²) in [6, 6.07) is 49.7. The van der Waals surface area contributed by atoms with Gasteiger partial charge in [0.05, 0.1) is 6.10 Å². The van der Waals surface area contributed by atoms with E-state index in [9.17, 15) is 9.46 Å². The van der Waals surface area contributed by atoms with Gasteiger partial charge >= 0.3 is 7.82 Å². The van der Waals surface area contributed by atoms with E-state index in [-0.39, 0.29) is 11.8 Å². The van der Waals surface area contributed by atoms with E-state index in [4.69, 9.17) is 9.05 Å². The van der Waals surface area contributed by atoms with Gasteiger partial charge in [-0.15, -0.1) is 0 Å². The molecule has 0 spiro atoms. The first-order chi connectivity index (χ1) is 28.0. The van der Waals surface area contributed by atoms with Crippen LogP contribution in [0.25, 0.3) is 54.9 Å². The first-order valence-corrected chi connectivity index (χ1v) is 22.3. The third kappa shape index (κ3) is 6.09. The van der Waals surface area contributed by atoms with Crippen molar-refractivity contribution in [3.8, 4) is 39.1 Å². The van der Waals surface area contributed by atoms with Crippen molar-refractivity contribution in [2.24, 2.45) is 0 Å². The number of fused-ring (bicyclic) bond motifs is 8. The van der Waals surface area contributed by atoms with Gasteiger partial charge in [-0.05, 0) is 142 Å². The van der Waals surface area contributed by atoms with E-state index in [0.717, 1.165) is 102 Å². The molecule has 4 atom stereocenters. The second-order valence-corrected chi connectivity index (χ2v) is 17.9. The topological polar surface area (TPSA) is 55.8 Å². The van der Waals surface area contributed by atoms with Crippen molar-refractivity contribution >= 4 is 29.4 Å². The van der Waals surface area contributed by atoms with Crippen molar-refractivity contribution in [3.63, 3.8) is 0 Å². The van der Waals surface area contributed by atoms with Gasteiger partial charge in [0.15, 0.2) is 0 Å². The normalized spacial score (nSPS) is 22.9. The summed E-state index contributed by atoms with van der Waals surface area (Å²) in [4.78, 5) is 12.0. The van der Waals surface area contributed by atoms with Crippen LogP contribution in [0.3, 0.4) is 0 Å². The van der Waals surface area contributed by atoms with E-state index in [2.05, 4.69) is 140 Å². The minimum Gasteiger partial charge on any atom is -0.403 e. The smallest absolute Gasteiger partial charge is 0.403 e. The summed E-state index contributed by atoms with van der Waals surface area (Å²) in [5, 5.41) is 4.77. The number of phosphoric acid groups is 1. The summed E-state index contributed by atoms with van der Waals surface area (Å²) in [6.07, 6.45) is 8.64. The van der Waals surface area contributed by atoms with Crippen molar-refractivity contribution < 1.29 is 18.5 Å². The monoisotopic (exact) mass is 764 g/mol. The number of allylic oxidation sites excluding steroid dienone is 1. The summed E-state index contributed by atoms with van der Waals surface area (Å²) >= 11 is 0. The lowest BCUT2D eigenvalue weighted by Gasteiger charge is -2.43. The van der Waals surface area contributed by atoms with E-state index < -0.39 is 13.9 Å². The maximum atomic E-state index is 14.7. The molecule has 11 rings (SSSR count). The van der Waals surface area contributed by atoms with Crippen molar-refractivity contribution in [2.45, 2.75) is 75.7 Å². The lowest BCUT2D eigenvalue weighted by atomic mass is 9.63.